The largest absolute Gasteiger partial charge is 0.294 e. The summed E-state index contributed by atoms with van der Waals surface area (Å²) in [5.41, 5.74) is 0.0202. The van der Waals surface area contributed by atoms with Crippen molar-refractivity contribution in [3.8, 4) is 0 Å². The van der Waals surface area contributed by atoms with Crippen molar-refractivity contribution in [1.82, 2.24) is 20.2 Å². The molecule has 0 radical (unpaired) electrons. The Balaban J connectivity index is 2.22. The van der Waals surface area contributed by atoms with E-state index in [1.54, 1.807) is 7.05 Å². The number of tetrazole rings is 1. The van der Waals surface area contributed by atoms with Gasteiger partial charge in [-0.3, -0.25) is 4.79 Å². The van der Waals surface area contributed by atoms with Gasteiger partial charge in [-0.15, -0.1) is 10.2 Å². The van der Waals surface area contributed by atoms with Crippen molar-refractivity contribution in [1.29, 1.82) is 0 Å². The fourth-order valence-electron chi connectivity index (χ4n) is 1.34. The first kappa shape index (κ1) is 11.8. The van der Waals surface area contributed by atoms with Crippen molar-refractivity contribution in [2.75, 3.05) is 0 Å². The van der Waals surface area contributed by atoms with E-state index in [0.29, 0.717) is 4.47 Å². The average molecular weight is 299 g/mol. The molecule has 1 heterocycles. The summed E-state index contributed by atoms with van der Waals surface area (Å²) in [6, 6.07) is 4.21. The van der Waals surface area contributed by atoms with E-state index in [9.17, 15) is 9.18 Å². The van der Waals surface area contributed by atoms with Crippen LogP contribution in [0.25, 0.3) is 0 Å². The third-order valence-corrected chi connectivity index (χ3v) is 2.59. The smallest absolute Gasteiger partial charge is 0.182 e. The number of nitrogens with zero attached hydrogens (tertiary/aromatic N) is 4. The summed E-state index contributed by atoms with van der Waals surface area (Å²) in [6.07, 6.45) is -0.0682. The molecule has 5 nitrogen and oxygen atoms in total. The van der Waals surface area contributed by atoms with Crippen molar-refractivity contribution in [3.05, 3.63) is 39.9 Å². The zero-order chi connectivity index (χ0) is 12.4. The lowest BCUT2D eigenvalue weighted by Crippen LogP contribution is -2.08. The summed E-state index contributed by atoms with van der Waals surface area (Å²) in [5, 5.41) is 11.2. The molecule has 88 valence electrons. The molecule has 0 bridgehead atoms. The highest BCUT2D eigenvalue weighted by Gasteiger charge is 2.15. The number of carbonyl (C=O) groups is 1. The number of ketones is 1. The van der Waals surface area contributed by atoms with Gasteiger partial charge in [-0.25, -0.2) is 4.39 Å². The predicted molar refractivity (Wildman–Crippen MR) is 60.9 cm³/mol. The van der Waals surface area contributed by atoms with Crippen LogP contribution < -0.4 is 0 Å². The van der Waals surface area contributed by atoms with E-state index in [2.05, 4.69) is 31.3 Å². The summed E-state index contributed by atoms with van der Waals surface area (Å²) in [5.74, 6) is -0.657. The summed E-state index contributed by atoms with van der Waals surface area (Å²) in [4.78, 5) is 13.1. The molecule has 1 aromatic heterocycles. The number of rotatable bonds is 3. The summed E-state index contributed by atoms with van der Waals surface area (Å²) in [7, 11) is 1.60. The maximum atomic E-state index is 13.4. The molecule has 0 amide bonds. The van der Waals surface area contributed by atoms with Gasteiger partial charge in [0.05, 0.1) is 19.0 Å². The highest BCUT2D eigenvalue weighted by atomic mass is 79.9. The highest BCUT2D eigenvalue weighted by molar-refractivity contribution is 9.10. The summed E-state index contributed by atoms with van der Waals surface area (Å²) in [6.45, 7) is 0. The van der Waals surface area contributed by atoms with Crippen LogP contribution in [-0.4, -0.2) is 26.0 Å². The third-order valence-electron chi connectivity index (χ3n) is 2.10. The molecule has 0 spiro atoms. The molecule has 0 saturated carbocycles. The van der Waals surface area contributed by atoms with Gasteiger partial charge in [-0.05, 0) is 23.4 Å². The molecule has 7 heteroatoms. The molecule has 0 saturated heterocycles. The zero-order valence-electron chi connectivity index (χ0n) is 8.89. The second-order valence-electron chi connectivity index (χ2n) is 3.42. The normalized spacial score (nSPS) is 10.5. The van der Waals surface area contributed by atoms with Crippen molar-refractivity contribution >= 4 is 21.7 Å². The molecule has 0 atom stereocenters. The molecule has 2 aromatic rings. The number of hydrogen-bond donors (Lipinski definition) is 0. The first-order valence-electron chi connectivity index (χ1n) is 4.77. The van der Waals surface area contributed by atoms with Crippen LogP contribution in [0.1, 0.15) is 16.2 Å². The average Bonchev–Trinajstić information content (AvgIpc) is 2.67. The van der Waals surface area contributed by atoms with Crippen LogP contribution in [0, 0.1) is 5.82 Å². The quantitative estimate of drug-likeness (QED) is 0.807. The van der Waals surface area contributed by atoms with Crippen LogP contribution >= 0.6 is 15.9 Å². The predicted octanol–water partition coefficient (Wildman–Crippen LogP) is 1.54. The standard InChI is InChI=1S/C10H8BrFN4O/c1-16-14-10(13-15-16)5-9(17)7-4-6(11)2-3-8(7)12/h2-4H,5H2,1H3. The summed E-state index contributed by atoms with van der Waals surface area (Å²) < 4.78 is 14.1. The van der Waals surface area contributed by atoms with Gasteiger partial charge in [0.2, 0.25) is 0 Å². The Hall–Kier alpha value is -1.63. The van der Waals surface area contributed by atoms with Crippen molar-refractivity contribution < 1.29 is 9.18 Å². The molecular formula is C10H8BrFN4O. The Morgan fingerprint density at radius 3 is 2.94 bits per heavy atom. The van der Waals surface area contributed by atoms with Gasteiger partial charge in [0, 0.05) is 4.47 Å². The minimum Gasteiger partial charge on any atom is -0.294 e. The Kier molecular flexibility index (Phi) is 3.28. The van der Waals surface area contributed by atoms with E-state index in [1.807, 2.05) is 0 Å². The van der Waals surface area contributed by atoms with Crippen molar-refractivity contribution in [2.45, 2.75) is 6.42 Å². The van der Waals surface area contributed by atoms with E-state index in [0.717, 1.165) is 0 Å². The molecule has 1 aromatic carbocycles. The first-order valence-corrected chi connectivity index (χ1v) is 5.56. The number of halogens is 2. The Morgan fingerprint density at radius 1 is 1.53 bits per heavy atom. The number of Topliss-reactive ketones (excluding diaryl/α,β-unsaturated/α-hetero) is 1. The molecule has 0 aliphatic rings. The molecule has 0 fully saturated rings. The SMILES string of the molecule is Cn1nnc(CC(=O)c2cc(Br)ccc2F)n1. The van der Waals surface area contributed by atoms with E-state index in [-0.39, 0.29) is 23.6 Å². The number of hydrogen-bond acceptors (Lipinski definition) is 4. The van der Waals surface area contributed by atoms with Crippen LogP contribution in [0.5, 0.6) is 0 Å². The Morgan fingerprint density at radius 2 is 2.29 bits per heavy atom. The number of benzene rings is 1. The van der Waals surface area contributed by atoms with E-state index < -0.39 is 5.82 Å². The molecule has 0 N–H and O–H groups in total. The second-order valence-corrected chi connectivity index (χ2v) is 4.33. The van der Waals surface area contributed by atoms with Crippen LogP contribution in [0.4, 0.5) is 4.39 Å². The van der Waals surface area contributed by atoms with Gasteiger partial charge >= 0.3 is 0 Å². The van der Waals surface area contributed by atoms with E-state index >= 15 is 0 Å². The molecule has 0 aliphatic carbocycles. The van der Waals surface area contributed by atoms with E-state index in [4.69, 9.17) is 0 Å². The molecule has 17 heavy (non-hydrogen) atoms. The number of carbonyl (C=O) groups excluding carboxylic acids is 1. The summed E-state index contributed by atoms with van der Waals surface area (Å²) >= 11 is 3.19. The van der Waals surface area contributed by atoms with Gasteiger partial charge in [-0.2, -0.15) is 4.80 Å². The van der Waals surface area contributed by atoms with Crippen LogP contribution in [0.2, 0.25) is 0 Å². The minimum atomic E-state index is -0.554. The fourth-order valence-corrected chi connectivity index (χ4v) is 1.71. The van der Waals surface area contributed by atoms with Crippen LogP contribution in [0.3, 0.4) is 0 Å². The zero-order valence-corrected chi connectivity index (χ0v) is 10.5. The van der Waals surface area contributed by atoms with E-state index in [1.165, 1.54) is 23.0 Å². The fraction of sp³-hybridized carbons (Fsp3) is 0.200. The molecule has 0 unspecified atom stereocenters. The van der Waals surface area contributed by atoms with Gasteiger partial charge in [0.1, 0.15) is 5.82 Å². The third kappa shape index (κ3) is 2.73. The maximum Gasteiger partial charge on any atom is 0.182 e. The molecule has 0 aliphatic heterocycles. The van der Waals surface area contributed by atoms with Gasteiger partial charge in [-0.1, -0.05) is 15.9 Å². The highest BCUT2D eigenvalue weighted by Crippen LogP contribution is 2.16. The lowest BCUT2D eigenvalue weighted by molar-refractivity contribution is 0.0987. The van der Waals surface area contributed by atoms with Crippen LogP contribution in [0.15, 0.2) is 22.7 Å². The van der Waals surface area contributed by atoms with Crippen molar-refractivity contribution in [3.63, 3.8) is 0 Å². The Bertz CT molecular complexity index is 569. The number of aryl methyl sites for hydroxylation is 1. The minimum absolute atomic E-state index is 0.0202. The van der Waals surface area contributed by atoms with Crippen molar-refractivity contribution in [2.24, 2.45) is 7.05 Å². The maximum absolute atomic E-state index is 13.4. The molecule has 2 rings (SSSR count). The van der Waals surface area contributed by atoms with Gasteiger partial charge in [0.15, 0.2) is 11.6 Å². The second kappa shape index (κ2) is 4.70. The topological polar surface area (TPSA) is 60.7 Å². The first-order chi connectivity index (χ1) is 8.06. The molecular weight excluding hydrogens is 291 g/mol. The lowest BCUT2D eigenvalue weighted by atomic mass is 10.1. The number of aromatic nitrogens is 4. The van der Waals surface area contributed by atoms with Gasteiger partial charge in [0.25, 0.3) is 0 Å². The van der Waals surface area contributed by atoms with Crippen LogP contribution in [-0.2, 0) is 13.5 Å². The lowest BCUT2D eigenvalue weighted by Gasteiger charge is -2.00. The Labute approximate surface area is 105 Å². The van der Waals surface area contributed by atoms with Gasteiger partial charge < -0.3 is 0 Å². The monoisotopic (exact) mass is 298 g/mol.